The van der Waals surface area contributed by atoms with E-state index in [2.05, 4.69) is 5.32 Å². The standard InChI is InChI=1S/C21H20ClNO5/c1-12(2)16-10-21(25)28-19-9-14(5-6-15(16)19)27-11-20(24)23-17-8-13(22)4-7-18(17)26-3/h4-10,12H,11H2,1-3H3,(H,23,24). The van der Waals surface area contributed by atoms with Gasteiger partial charge >= 0.3 is 5.63 Å². The molecular formula is C21H20ClNO5. The van der Waals surface area contributed by atoms with Gasteiger partial charge in [-0.05, 0) is 41.8 Å². The zero-order valence-corrected chi connectivity index (χ0v) is 16.5. The highest BCUT2D eigenvalue weighted by Gasteiger charge is 2.12. The van der Waals surface area contributed by atoms with Crippen molar-refractivity contribution in [1.82, 2.24) is 0 Å². The molecule has 0 aliphatic rings. The van der Waals surface area contributed by atoms with Crippen LogP contribution in [-0.2, 0) is 4.79 Å². The van der Waals surface area contributed by atoms with E-state index >= 15 is 0 Å². The lowest BCUT2D eigenvalue weighted by Gasteiger charge is -2.12. The van der Waals surface area contributed by atoms with Gasteiger partial charge in [-0.3, -0.25) is 4.79 Å². The summed E-state index contributed by atoms with van der Waals surface area (Å²) in [5, 5.41) is 4.01. The third-order valence-electron chi connectivity index (χ3n) is 4.18. The number of rotatable bonds is 6. The SMILES string of the molecule is COc1ccc(Cl)cc1NC(=O)COc1ccc2c(C(C)C)cc(=O)oc2c1. The Balaban J connectivity index is 1.74. The molecule has 0 saturated heterocycles. The van der Waals surface area contributed by atoms with Gasteiger partial charge in [0.05, 0.1) is 12.8 Å². The third kappa shape index (κ3) is 4.46. The Morgan fingerprint density at radius 1 is 1.18 bits per heavy atom. The summed E-state index contributed by atoms with van der Waals surface area (Å²) in [7, 11) is 1.50. The third-order valence-corrected chi connectivity index (χ3v) is 4.41. The molecule has 0 aliphatic carbocycles. The Kier molecular flexibility index (Phi) is 5.90. The van der Waals surface area contributed by atoms with Crippen LogP contribution in [0.3, 0.4) is 0 Å². The quantitative estimate of drug-likeness (QED) is 0.611. The van der Waals surface area contributed by atoms with Crippen molar-refractivity contribution >= 4 is 34.2 Å². The first-order valence-corrected chi connectivity index (χ1v) is 9.09. The van der Waals surface area contributed by atoms with Crippen LogP contribution in [0.1, 0.15) is 25.3 Å². The highest BCUT2D eigenvalue weighted by atomic mass is 35.5. The molecule has 7 heteroatoms. The van der Waals surface area contributed by atoms with Gasteiger partial charge in [-0.15, -0.1) is 0 Å². The molecule has 3 aromatic rings. The number of methoxy groups -OCH3 is 1. The Labute approximate surface area is 167 Å². The van der Waals surface area contributed by atoms with Crippen LogP contribution in [0.15, 0.2) is 51.7 Å². The monoisotopic (exact) mass is 401 g/mol. The van der Waals surface area contributed by atoms with Crippen LogP contribution < -0.4 is 20.4 Å². The molecule has 3 rings (SSSR count). The number of fused-ring (bicyclic) bond motifs is 1. The molecule has 0 fully saturated rings. The van der Waals surface area contributed by atoms with Crippen LogP contribution in [0.4, 0.5) is 5.69 Å². The summed E-state index contributed by atoms with van der Waals surface area (Å²) >= 11 is 5.96. The lowest BCUT2D eigenvalue weighted by molar-refractivity contribution is -0.118. The number of amides is 1. The highest BCUT2D eigenvalue weighted by Crippen LogP contribution is 2.28. The van der Waals surface area contributed by atoms with Crippen molar-refractivity contribution < 1.29 is 18.7 Å². The summed E-state index contributed by atoms with van der Waals surface area (Å²) in [4.78, 5) is 24.0. The predicted molar refractivity (Wildman–Crippen MR) is 109 cm³/mol. The fraction of sp³-hybridized carbons (Fsp3) is 0.238. The van der Waals surface area contributed by atoms with Crippen molar-refractivity contribution in [3.63, 3.8) is 0 Å². The van der Waals surface area contributed by atoms with Crippen LogP contribution >= 0.6 is 11.6 Å². The van der Waals surface area contributed by atoms with E-state index in [9.17, 15) is 9.59 Å². The summed E-state index contributed by atoms with van der Waals surface area (Å²) in [6.45, 7) is 3.79. The van der Waals surface area contributed by atoms with Crippen molar-refractivity contribution in [2.45, 2.75) is 19.8 Å². The minimum Gasteiger partial charge on any atom is -0.495 e. The molecule has 1 N–H and O–H groups in total. The molecule has 0 saturated carbocycles. The average Bonchev–Trinajstić information content (AvgIpc) is 2.65. The van der Waals surface area contributed by atoms with Crippen molar-refractivity contribution in [3.05, 3.63) is 63.5 Å². The summed E-state index contributed by atoms with van der Waals surface area (Å²) in [5.74, 6) is 0.714. The largest absolute Gasteiger partial charge is 0.495 e. The molecule has 0 bridgehead atoms. The van der Waals surface area contributed by atoms with Crippen molar-refractivity contribution in [3.8, 4) is 11.5 Å². The van der Waals surface area contributed by atoms with Gasteiger partial charge in [0.1, 0.15) is 17.1 Å². The van der Waals surface area contributed by atoms with E-state index in [1.54, 1.807) is 30.3 Å². The lowest BCUT2D eigenvalue weighted by atomic mass is 10.00. The summed E-state index contributed by atoms with van der Waals surface area (Å²) < 4.78 is 16.0. The maximum Gasteiger partial charge on any atom is 0.336 e. The first kappa shape index (κ1) is 19.8. The van der Waals surface area contributed by atoms with E-state index in [1.807, 2.05) is 19.9 Å². The molecule has 0 spiro atoms. The van der Waals surface area contributed by atoms with Gasteiger partial charge in [0.15, 0.2) is 6.61 Å². The first-order chi connectivity index (χ1) is 13.4. The summed E-state index contributed by atoms with van der Waals surface area (Å²) in [5.41, 5.74) is 1.36. The number of carbonyl (C=O) groups is 1. The number of hydrogen-bond donors (Lipinski definition) is 1. The fourth-order valence-electron chi connectivity index (χ4n) is 2.85. The second kappa shape index (κ2) is 8.35. The smallest absolute Gasteiger partial charge is 0.336 e. The molecule has 0 radical (unpaired) electrons. The molecule has 1 heterocycles. The maximum atomic E-state index is 12.2. The zero-order chi connectivity index (χ0) is 20.3. The summed E-state index contributed by atoms with van der Waals surface area (Å²) in [6, 6.07) is 11.6. The number of hydrogen-bond acceptors (Lipinski definition) is 5. The van der Waals surface area contributed by atoms with Gasteiger partial charge in [-0.25, -0.2) is 4.79 Å². The molecule has 0 unspecified atom stereocenters. The Morgan fingerprint density at radius 2 is 1.96 bits per heavy atom. The second-order valence-electron chi connectivity index (χ2n) is 6.51. The molecule has 2 aromatic carbocycles. The molecule has 0 aliphatic heterocycles. The van der Waals surface area contributed by atoms with E-state index in [0.29, 0.717) is 27.8 Å². The molecule has 6 nitrogen and oxygen atoms in total. The number of benzene rings is 2. The van der Waals surface area contributed by atoms with E-state index in [4.69, 9.17) is 25.5 Å². The maximum absolute atomic E-state index is 12.2. The van der Waals surface area contributed by atoms with Gasteiger partial charge in [0.25, 0.3) is 5.91 Å². The normalized spacial score (nSPS) is 10.9. The number of ether oxygens (including phenoxy) is 2. The molecule has 28 heavy (non-hydrogen) atoms. The Morgan fingerprint density at radius 3 is 2.68 bits per heavy atom. The topological polar surface area (TPSA) is 77.8 Å². The van der Waals surface area contributed by atoms with Crippen LogP contribution in [0.5, 0.6) is 11.5 Å². The predicted octanol–water partition coefficient (Wildman–Crippen LogP) is 4.60. The number of anilines is 1. The van der Waals surface area contributed by atoms with Gasteiger partial charge in [-0.2, -0.15) is 0 Å². The molecular weight excluding hydrogens is 382 g/mol. The van der Waals surface area contributed by atoms with Gasteiger partial charge in [-0.1, -0.05) is 25.4 Å². The van der Waals surface area contributed by atoms with Crippen molar-refractivity contribution in [1.29, 1.82) is 0 Å². The van der Waals surface area contributed by atoms with E-state index < -0.39 is 5.63 Å². The number of nitrogens with one attached hydrogen (secondary N) is 1. The van der Waals surface area contributed by atoms with Gasteiger partial charge in [0, 0.05) is 22.5 Å². The van der Waals surface area contributed by atoms with Crippen molar-refractivity contribution in [2.24, 2.45) is 0 Å². The molecule has 0 atom stereocenters. The minimum absolute atomic E-state index is 0.178. The van der Waals surface area contributed by atoms with Crippen LogP contribution in [0, 0.1) is 0 Å². The van der Waals surface area contributed by atoms with Crippen LogP contribution in [0.2, 0.25) is 5.02 Å². The summed E-state index contributed by atoms with van der Waals surface area (Å²) in [6.07, 6.45) is 0. The molecule has 1 amide bonds. The molecule has 146 valence electrons. The van der Waals surface area contributed by atoms with Gasteiger partial charge in [0.2, 0.25) is 0 Å². The molecule has 1 aromatic heterocycles. The van der Waals surface area contributed by atoms with Crippen LogP contribution in [0.25, 0.3) is 11.0 Å². The van der Waals surface area contributed by atoms with E-state index in [0.717, 1.165) is 10.9 Å². The number of halogens is 1. The average molecular weight is 402 g/mol. The lowest BCUT2D eigenvalue weighted by Crippen LogP contribution is -2.20. The number of carbonyl (C=O) groups excluding carboxylic acids is 1. The minimum atomic E-state index is -0.417. The zero-order valence-electron chi connectivity index (χ0n) is 15.7. The second-order valence-corrected chi connectivity index (χ2v) is 6.95. The van der Waals surface area contributed by atoms with Gasteiger partial charge < -0.3 is 19.2 Å². The van der Waals surface area contributed by atoms with Crippen molar-refractivity contribution in [2.75, 3.05) is 19.0 Å². The first-order valence-electron chi connectivity index (χ1n) is 8.71. The Bertz CT molecular complexity index is 1070. The van der Waals surface area contributed by atoms with Crippen LogP contribution in [-0.4, -0.2) is 19.6 Å². The fourth-order valence-corrected chi connectivity index (χ4v) is 3.02. The highest BCUT2D eigenvalue weighted by molar-refractivity contribution is 6.31. The van der Waals surface area contributed by atoms with E-state index in [-0.39, 0.29) is 18.4 Å². The van der Waals surface area contributed by atoms with E-state index in [1.165, 1.54) is 13.2 Å². The Hall–Kier alpha value is -2.99.